The van der Waals surface area contributed by atoms with Crippen LogP contribution < -0.4 is 0 Å². The monoisotopic (exact) mass is 307 g/mol. The van der Waals surface area contributed by atoms with Crippen LogP contribution in [-0.2, 0) is 6.42 Å². The molecule has 0 spiro atoms. The predicted octanol–water partition coefficient (Wildman–Crippen LogP) is 3.68. The number of hydrogen-bond donors (Lipinski definition) is 0. The fraction of sp³-hybridized carbons (Fsp3) is 0.300. The summed E-state index contributed by atoms with van der Waals surface area (Å²) >= 11 is 2.00. The Morgan fingerprint density at radius 1 is 1.36 bits per heavy atom. The van der Waals surface area contributed by atoms with Crippen LogP contribution in [0.3, 0.4) is 0 Å². The van der Waals surface area contributed by atoms with E-state index >= 15 is 0 Å². The summed E-state index contributed by atoms with van der Waals surface area (Å²) < 4.78 is 25.5. The van der Waals surface area contributed by atoms with Gasteiger partial charge in [0.1, 0.15) is 0 Å². The second kappa shape index (κ2) is 5.25. The van der Waals surface area contributed by atoms with Crippen LogP contribution in [0, 0.1) is 14.9 Å². The molecule has 0 heterocycles. The molecule has 0 radical (unpaired) electrons. The fourth-order valence-electron chi connectivity index (χ4n) is 1.15. The van der Waals surface area contributed by atoms with E-state index in [1.54, 1.807) is 0 Å². The highest BCUT2D eigenvalue weighted by atomic mass is 127. The molecule has 1 aromatic carbocycles. The van der Waals surface area contributed by atoms with E-state index in [0.717, 1.165) is 9.13 Å². The first kappa shape index (κ1) is 11.4. The van der Waals surface area contributed by atoms with Crippen LogP contribution in [0.5, 0.6) is 0 Å². The first-order valence-corrected chi connectivity index (χ1v) is 5.16. The van der Waals surface area contributed by atoms with E-state index in [1.165, 1.54) is 12.1 Å². The molecule has 74 valence electrons. The Morgan fingerprint density at radius 3 is 2.64 bits per heavy atom. The molecule has 0 aliphatic heterocycles. The topological polar surface area (TPSA) is 23.8 Å². The SMILES string of the molecule is N#CCCc1cc(I)cc(C(F)F)c1. The van der Waals surface area contributed by atoms with E-state index in [0.29, 0.717) is 12.8 Å². The van der Waals surface area contributed by atoms with Crippen molar-refractivity contribution >= 4 is 22.6 Å². The van der Waals surface area contributed by atoms with Crippen LogP contribution >= 0.6 is 22.6 Å². The molecule has 1 aromatic rings. The van der Waals surface area contributed by atoms with Gasteiger partial charge in [0.25, 0.3) is 6.43 Å². The van der Waals surface area contributed by atoms with E-state index in [-0.39, 0.29) is 5.56 Å². The maximum atomic E-state index is 12.4. The molecule has 0 saturated carbocycles. The lowest BCUT2D eigenvalue weighted by Crippen LogP contribution is -1.91. The number of aryl methyl sites for hydroxylation is 1. The van der Waals surface area contributed by atoms with Gasteiger partial charge in [0.2, 0.25) is 0 Å². The third kappa shape index (κ3) is 3.22. The van der Waals surface area contributed by atoms with Gasteiger partial charge in [-0.05, 0) is 46.7 Å². The van der Waals surface area contributed by atoms with E-state index in [1.807, 2.05) is 34.7 Å². The summed E-state index contributed by atoms with van der Waals surface area (Å²) in [6.07, 6.45) is -1.54. The van der Waals surface area contributed by atoms with E-state index in [2.05, 4.69) is 0 Å². The van der Waals surface area contributed by atoms with Crippen molar-refractivity contribution in [3.63, 3.8) is 0 Å². The molecule has 0 aliphatic rings. The summed E-state index contributed by atoms with van der Waals surface area (Å²) in [4.78, 5) is 0. The third-order valence-corrected chi connectivity index (χ3v) is 2.38. The number of benzene rings is 1. The first-order valence-electron chi connectivity index (χ1n) is 4.08. The number of alkyl halides is 2. The Bertz CT molecular complexity index is 358. The third-order valence-electron chi connectivity index (χ3n) is 1.76. The molecule has 0 bridgehead atoms. The lowest BCUT2D eigenvalue weighted by molar-refractivity contribution is 0.151. The number of nitriles is 1. The van der Waals surface area contributed by atoms with Crippen LogP contribution in [0.25, 0.3) is 0 Å². The molecule has 0 unspecified atom stereocenters. The number of rotatable bonds is 3. The minimum atomic E-state index is -2.44. The van der Waals surface area contributed by atoms with Crippen molar-refractivity contribution in [2.45, 2.75) is 19.3 Å². The fourth-order valence-corrected chi connectivity index (χ4v) is 1.91. The number of hydrogen-bond acceptors (Lipinski definition) is 1. The van der Waals surface area contributed by atoms with Gasteiger partial charge in [0.15, 0.2) is 0 Å². The van der Waals surface area contributed by atoms with Gasteiger partial charge in [-0.2, -0.15) is 5.26 Å². The van der Waals surface area contributed by atoms with Gasteiger partial charge >= 0.3 is 0 Å². The molecule has 1 nitrogen and oxygen atoms in total. The molecule has 0 aliphatic carbocycles. The number of halogens is 3. The largest absolute Gasteiger partial charge is 0.263 e. The van der Waals surface area contributed by atoms with Gasteiger partial charge in [0, 0.05) is 15.6 Å². The zero-order valence-corrected chi connectivity index (χ0v) is 9.46. The molecule has 0 atom stereocenters. The minimum absolute atomic E-state index is 0.0323. The van der Waals surface area contributed by atoms with Crippen molar-refractivity contribution < 1.29 is 8.78 Å². The van der Waals surface area contributed by atoms with Gasteiger partial charge in [-0.1, -0.05) is 6.07 Å². The van der Waals surface area contributed by atoms with Crippen molar-refractivity contribution in [2.24, 2.45) is 0 Å². The number of nitrogens with zero attached hydrogens (tertiary/aromatic N) is 1. The molecular formula is C10H8F2IN. The molecule has 0 aromatic heterocycles. The summed E-state index contributed by atoms with van der Waals surface area (Å²) in [6.45, 7) is 0. The Morgan fingerprint density at radius 2 is 2.07 bits per heavy atom. The van der Waals surface area contributed by atoms with Gasteiger partial charge in [-0.25, -0.2) is 8.78 Å². The summed E-state index contributed by atoms with van der Waals surface area (Å²) in [5, 5.41) is 8.38. The standard InChI is InChI=1S/C10H8F2IN/c11-10(12)8-4-7(2-1-3-14)5-9(13)6-8/h4-6,10H,1-2H2. The maximum absolute atomic E-state index is 12.4. The molecule has 4 heteroatoms. The van der Waals surface area contributed by atoms with E-state index < -0.39 is 6.43 Å². The Balaban J connectivity index is 2.90. The van der Waals surface area contributed by atoms with Crippen molar-refractivity contribution in [1.82, 2.24) is 0 Å². The molecular weight excluding hydrogens is 299 g/mol. The highest BCUT2D eigenvalue weighted by Crippen LogP contribution is 2.23. The van der Waals surface area contributed by atoms with Crippen LogP contribution in [-0.4, -0.2) is 0 Å². The van der Waals surface area contributed by atoms with Crippen molar-refractivity contribution in [2.75, 3.05) is 0 Å². The lowest BCUT2D eigenvalue weighted by atomic mass is 10.1. The highest BCUT2D eigenvalue weighted by Gasteiger charge is 2.08. The Labute approximate surface area is 94.9 Å². The summed E-state index contributed by atoms with van der Waals surface area (Å²) in [5.74, 6) is 0. The molecule has 0 fully saturated rings. The van der Waals surface area contributed by atoms with Crippen LogP contribution in [0.15, 0.2) is 18.2 Å². The smallest absolute Gasteiger partial charge is 0.205 e. The van der Waals surface area contributed by atoms with Gasteiger partial charge in [-0.3, -0.25) is 0 Å². The molecule has 0 amide bonds. The second-order valence-electron chi connectivity index (χ2n) is 2.85. The average Bonchev–Trinajstić information content (AvgIpc) is 2.14. The van der Waals surface area contributed by atoms with Crippen LogP contribution in [0.2, 0.25) is 0 Å². The second-order valence-corrected chi connectivity index (χ2v) is 4.10. The summed E-state index contributed by atoms with van der Waals surface area (Å²) in [6, 6.07) is 6.74. The van der Waals surface area contributed by atoms with Crippen molar-refractivity contribution in [3.8, 4) is 6.07 Å². The minimum Gasteiger partial charge on any atom is -0.205 e. The highest BCUT2D eigenvalue weighted by molar-refractivity contribution is 14.1. The lowest BCUT2D eigenvalue weighted by Gasteiger charge is -2.04. The maximum Gasteiger partial charge on any atom is 0.263 e. The normalized spacial score (nSPS) is 10.2. The molecule has 0 N–H and O–H groups in total. The van der Waals surface area contributed by atoms with Crippen LogP contribution in [0.4, 0.5) is 8.78 Å². The van der Waals surface area contributed by atoms with Crippen LogP contribution in [0.1, 0.15) is 24.0 Å². The van der Waals surface area contributed by atoms with E-state index in [9.17, 15) is 8.78 Å². The van der Waals surface area contributed by atoms with Gasteiger partial charge < -0.3 is 0 Å². The summed E-state index contributed by atoms with van der Waals surface area (Å²) in [7, 11) is 0. The van der Waals surface area contributed by atoms with Crippen molar-refractivity contribution in [3.05, 3.63) is 32.9 Å². The first-order chi connectivity index (χ1) is 6.63. The van der Waals surface area contributed by atoms with Gasteiger partial charge in [-0.15, -0.1) is 0 Å². The van der Waals surface area contributed by atoms with E-state index in [4.69, 9.17) is 5.26 Å². The summed E-state index contributed by atoms with van der Waals surface area (Å²) in [5.41, 5.74) is 0.832. The molecule has 1 rings (SSSR count). The Hall–Kier alpha value is -0.700. The Kier molecular flexibility index (Phi) is 4.26. The van der Waals surface area contributed by atoms with Crippen molar-refractivity contribution in [1.29, 1.82) is 5.26 Å². The molecule has 0 saturated heterocycles. The predicted molar refractivity (Wildman–Crippen MR) is 58.1 cm³/mol. The zero-order chi connectivity index (χ0) is 10.6. The van der Waals surface area contributed by atoms with Gasteiger partial charge in [0.05, 0.1) is 6.07 Å². The zero-order valence-electron chi connectivity index (χ0n) is 7.30. The quantitative estimate of drug-likeness (QED) is 0.781. The average molecular weight is 307 g/mol. The molecule has 14 heavy (non-hydrogen) atoms.